The Hall–Kier alpha value is -1.71. The molecule has 0 radical (unpaired) electrons. The maximum absolute atomic E-state index is 11.0. The third-order valence-corrected chi connectivity index (χ3v) is 5.41. The predicted molar refractivity (Wildman–Crippen MR) is 88.5 cm³/mol. The zero-order valence-electron chi connectivity index (χ0n) is 12.9. The number of aromatic nitrogens is 1. The van der Waals surface area contributed by atoms with E-state index in [-0.39, 0.29) is 6.04 Å². The third kappa shape index (κ3) is 2.16. The summed E-state index contributed by atoms with van der Waals surface area (Å²) in [5, 5.41) is 12.1. The summed E-state index contributed by atoms with van der Waals surface area (Å²) in [6, 6.07) is 10.3. The molecule has 2 bridgehead atoms. The summed E-state index contributed by atoms with van der Waals surface area (Å²) in [6.45, 7) is 4.26. The number of aliphatic hydroxyl groups is 1. The van der Waals surface area contributed by atoms with Gasteiger partial charge in [-0.1, -0.05) is 29.8 Å². The molecular weight excluding hydrogens is 272 g/mol. The number of allylic oxidation sites excluding steroid dienone is 1. The van der Waals surface area contributed by atoms with Crippen LogP contribution in [-0.4, -0.2) is 34.1 Å². The van der Waals surface area contributed by atoms with Crippen LogP contribution >= 0.6 is 0 Å². The van der Waals surface area contributed by atoms with E-state index in [9.17, 15) is 5.11 Å². The van der Waals surface area contributed by atoms with Gasteiger partial charge in [0.2, 0.25) is 0 Å². The molecule has 0 spiro atoms. The lowest BCUT2D eigenvalue weighted by molar-refractivity contribution is -0.00340. The first kappa shape index (κ1) is 13.9. The standard InChI is InChI=1S/C19H22N2O/c1-2-13-12-21-10-8-14(13)11-18(21)19(22)16-7-9-20-17-6-4-3-5-15(16)17/h2-7,9,14,18-19,22H,8,10-12H2,1H3/b13-2-/t14-,18+,19-/m0/s1. The van der Waals surface area contributed by atoms with E-state index in [0.717, 1.165) is 36.0 Å². The molecule has 4 heterocycles. The summed E-state index contributed by atoms with van der Waals surface area (Å²) in [5.41, 5.74) is 3.53. The zero-order chi connectivity index (χ0) is 15.1. The second-order valence-electron chi connectivity index (χ2n) is 6.48. The molecule has 0 aliphatic carbocycles. The van der Waals surface area contributed by atoms with Gasteiger partial charge < -0.3 is 5.11 Å². The molecule has 3 heteroatoms. The average Bonchev–Trinajstić information content (AvgIpc) is 2.60. The lowest BCUT2D eigenvalue weighted by Crippen LogP contribution is -2.52. The van der Waals surface area contributed by atoms with E-state index < -0.39 is 6.10 Å². The minimum absolute atomic E-state index is 0.230. The number of hydrogen-bond acceptors (Lipinski definition) is 3. The fourth-order valence-corrected chi connectivity index (χ4v) is 4.18. The zero-order valence-corrected chi connectivity index (χ0v) is 12.9. The molecular formula is C19H22N2O. The Morgan fingerprint density at radius 1 is 1.32 bits per heavy atom. The molecule has 3 saturated heterocycles. The van der Waals surface area contributed by atoms with Crippen LogP contribution in [0.5, 0.6) is 0 Å². The highest BCUT2D eigenvalue weighted by molar-refractivity contribution is 5.82. The van der Waals surface area contributed by atoms with Crippen LogP contribution in [0, 0.1) is 5.92 Å². The summed E-state index contributed by atoms with van der Waals surface area (Å²) < 4.78 is 0. The Bertz CT molecular complexity index is 719. The van der Waals surface area contributed by atoms with Crippen LogP contribution in [0.1, 0.15) is 31.4 Å². The van der Waals surface area contributed by atoms with Crippen molar-refractivity contribution in [3.05, 3.63) is 53.7 Å². The van der Waals surface area contributed by atoms with Crippen molar-refractivity contribution >= 4 is 10.9 Å². The lowest BCUT2D eigenvalue weighted by Gasteiger charge is -2.48. The van der Waals surface area contributed by atoms with Crippen LogP contribution in [0.15, 0.2) is 48.2 Å². The molecule has 3 aliphatic rings. The van der Waals surface area contributed by atoms with Gasteiger partial charge in [0.1, 0.15) is 0 Å². The monoisotopic (exact) mass is 294 g/mol. The average molecular weight is 294 g/mol. The van der Waals surface area contributed by atoms with Crippen LogP contribution in [0.25, 0.3) is 10.9 Å². The first-order valence-corrected chi connectivity index (χ1v) is 8.19. The topological polar surface area (TPSA) is 36.4 Å². The Kier molecular flexibility index (Phi) is 3.47. The van der Waals surface area contributed by atoms with Crippen molar-refractivity contribution in [2.45, 2.75) is 31.9 Å². The molecule has 1 aromatic carbocycles. The normalized spacial score (nSPS) is 30.8. The fourth-order valence-electron chi connectivity index (χ4n) is 4.18. The first-order chi connectivity index (χ1) is 10.8. The number of nitrogens with zero attached hydrogens (tertiary/aromatic N) is 2. The molecule has 1 aromatic heterocycles. The van der Waals surface area contributed by atoms with Crippen LogP contribution < -0.4 is 0 Å². The molecule has 2 aromatic rings. The molecule has 5 rings (SSSR count). The summed E-state index contributed by atoms with van der Waals surface area (Å²) in [5.74, 6) is 0.655. The van der Waals surface area contributed by atoms with Crippen LogP contribution in [0.2, 0.25) is 0 Å². The third-order valence-electron chi connectivity index (χ3n) is 5.41. The molecule has 4 atom stereocenters. The highest BCUT2D eigenvalue weighted by atomic mass is 16.3. The number of rotatable bonds is 2. The van der Waals surface area contributed by atoms with Crippen LogP contribution in [-0.2, 0) is 0 Å². The van der Waals surface area contributed by atoms with Crippen molar-refractivity contribution in [3.8, 4) is 0 Å². The molecule has 0 amide bonds. The smallest absolute Gasteiger partial charge is 0.0952 e. The van der Waals surface area contributed by atoms with Gasteiger partial charge in [0.15, 0.2) is 0 Å². The van der Waals surface area contributed by atoms with E-state index >= 15 is 0 Å². The van der Waals surface area contributed by atoms with Gasteiger partial charge in [-0.25, -0.2) is 0 Å². The predicted octanol–water partition coefficient (Wildman–Crippen LogP) is 3.31. The number of aliphatic hydroxyl groups excluding tert-OH is 1. The van der Waals surface area contributed by atoms with E-state index in [2.05, 4.69) is 29.0 Å². The van der Waals surface area contributed by atoms with E-state index in [1.165, 1.54) is 6.42 Å². The minimum atomic E-state index is -0.436. The highest BCUT2D eigenvalue weighted by Crippen LogP contribution is 2.41. The maximum Gasteiger partial charge on any atom is 0.0952 e. The van der Waals surface area contributed by atoms with E-state index in [4.69, 9.17) is 0 Å². The Labute approximate surface area is 131 Å². The summed E-state index contributed by atoms with van der Waals surface area (Å²) >= 11 is 0. The number of fused-ring (bicyclic) bond motifs is 4. The number of benzene rings is 1. The molecule has 114 valence electrons. The van der Waals surface area contributed by atoms with E-state index in [1.54, 1.807) is 5.57 Å². The van der Waals surface area contributed by atoms with Crippen molar-refractivity contribution in [3.63, 3.8) is 0 Å². The fraction of sp³-hybridized carbons (Fsp3) is 0.421. The number of piperidine rings is 3. The van der Waals surface area contributed by atoms with Gasteiger partial charge in [0, 0.05) is 24.2 Å². The van der Waals surface area contributed by atoms with Gasteiger partial charge in [-0.05, 0) is 49.9 Å². The second-order valence-corrected chi connectivity index (χ2v) is 6.48. The van der Waals surface area contributed by atoms with Gasteiger partial charge in [0.25, 0.3) is 0 Å². The van der Waals surface area contributed by atoms with Gasteiger partial charge in [0.05, 0.1) is 11.6 Å². The van der Waals surface area contributed by atoms with Gasteiger partial charge in [-0.3, -0.25) is 9.88 Å². The van der Waals surface area contributed by atoms with Crippen LogP contribution in [0.3, 0.4) is 0 Å². The highest BCUT2D eigenvalue weighted by Gasteiger charge is 2.40. The Balaban J connectivity index is 1.68. The number of para-hydroxylation sites is 1. The summed E-state index contributed by atoms with van der Waals surface area (Å²) in [4.78, 5) is 6.86. The largest absolute Gasteiger partial charge is 0.387 e. The molecule has 3 fully saturated rings. The molecule has 0 saturated carbocycles. The van der Waals surface area contributed by atoms with E-state index in [0.29, 0.717) is 5.92 Å². The molecule has 1 unspecified atom stereocenters. The van der Waals surface area contributed by atoms with Crippen molar-refractivity contribution in [2.75, 3.05) is 13.1 Å². The van der Waals surface area contributed by atoms with Crippen molar-refractivity contribution in [1.82, 2.24) is 9.88 Å². The summed E-state index contributed by atoms with van der Waals surface area (Å²) in [6.07, 6.45) is 5.95. The van der Waals surface area contributed by atoms with E-state index in [1.807, 2.05) is 30.5 Å². The molecule has 3 aliphatic heterocycles. The van der Waals surface area contributed by atoms with Gasteiger partial charge in [-0.15, -0.1) is 0 Å². The summed E-state index contributed by atoms with van der Waals surface area (Å²) in [7, 11) is 0. The quantitative estimate of drug-likeness (QED) is 0.863. The molecule has 3 nitrogen and oxygen atoms in total. The first-order valence-electron chi connectivity index (χ1n) is 8.19. The lowest BCUT2D eigenvalue weighted by atomic mass is 9.76. The second kappa shape index (κ2) is 5.49. The van der Waals surface area contributed by atoms with Crippen LogP contribution in [0.4, 0.5) is 0 Å². The Morgan fingerprint density at radius 3 is 2.95 bits per heavy atom. The SMILES string of the molecule is C/C=C1/CN2CC[C@H]1C[C@@H]2[C@@H](O)c1ccnc2ccccc12. The molecule has 22 heavy (non-hydrogen) atoms. The van der Waals surface area contributed by atoms with Crippen molar-refractivity contribution in [2.24, 2.45) is 5.92 Å². The van der Waals surface area contributed by atoms with Gasteiger partial charge in [-0.2, -0.15) is 0 Å². The van der Waals surface area contributed by atoms with Crippen molar-refractivity contribution < 1.29 is 5.11 Å². The molecule has 1 N–H and O–H groups in total. The number of hydrogen-bond donors (Lipinski definition) is 1. The maximum atomic E-state index is 11.0. The number of pyridine rings is 1. The van der Waals surface area contributed by atoms with Gasteiger partial charge >= 0.3 is 0 Å². The van der Waals surface area contributed by atoms with Crippen molar-refractivity contribution in [1.29, 1.82) is 0 Å². The minimum Gasteiger partial charge on any atom is -0.387 e. The Morgan fingerprint density at radius 2 is 2.18 bits per heavy atom.